The van der Waals surface area contributed by atoms with Crippen molar-refractivity contribution in [1.82, 2.24) is 21.3 Å². The van der Waals surface area contributed by atoms with Gasteiger partial charge in [0.05, 0.1) is 6.04 Å². The normalized spacial score (nSPS) is 13.5. The first-order valence-corrected chi connectivity index (χ1v) is 15.6. The zero-order chi connectivity index (χ0) is 34.2. The number of nitrogens with one attached hydrogen (secondary N) is 5. The summed E-state index contributed by atoms with van der Waals surface area (Å²) in [6.07, 6.45) is 3.23. The smallest absolute Gasteiger partial charge is 0.326 e. The molecule has 3 amide bonds. The maximum Gasteiger partial charge on any atom is 0.326 e. The van der Waals surface area contributed by atoms with Gasteiger partial charge in [-0.15, -0.1) is 0 Å². The van der Waals surface area contributed by atoms with E-state index in [9.17, 15) is 29.4 Å². The van der Waals surface area contributed by atoms with E-state index in [2.05, 4.69) is 21.3 Å². The zero-order valence-corrected chi connectivity index (χ0v) is 26.9. The van der Waals surface area contributed by atoms with Gasteiger partial charge in [-0.1, -0.05) is 62.6 Å². The van der Waals surface area contributed by atoms with Crippen LogP contribution in [0.4, 0.5) is 0 Å². The largest absolute Gasteiger partial charge is 0.508 e. The lowest BCUT2D eigenvalue weighted by molar-refractivity contribution is -0.142. The number of carbonyl (C=O) groups excluding carboxylic acids is 3. The summed E-state index contributed by atoms with van der Waals surface area (Å²) in [4.78, 5) is 52.5. The number of carboxylic acid groups (broad SMARTS) is 1. The Hall–Kier alpha value is -4.65. The standard InChI is InChI=1S/C33H49N7O6/c1-4-5-7-13-25(38-29(42)24(34)18-22-11-8-6-9-12-22)30(43)40-27(19-23-20(2)15-16-28(41)21(23)3)31(44)39-26(32(45)46)14-10-17-37-33(35)36/h6,8-9,11-12,15-16,24-27,41H,4-5,7,10,13-14,17-19,34H2,1-3H3,(H,38,42)(H,39,44)(H,40,43)(H,45,46)(H4,35,36,37). The molecule has 0 aromatic heterocycles. The fourth-order valence-electron chi connectivity index (χ4n) is 5.05. The van der Waals surface area contributed by atoms with Gasteiger partial charge in [0.25, 0.3) is 0 Å². The molecule has 0 aliphatic rings. The Labute approximate surface area is 270 Å². The lowest BCUT2D eigenvalue weighted by Crippen LogP contribution is -2.57. The Morgan fingerprint density at radius 1 is 0.826 bits per heavy atom. The molecule has 0 aliphatic carbocycles. The van der Waals surface area contributed by atoms with E-state index in [1.807, 2.05) is 44.2 Å². The zero-order valence-electron chi connectivity index (χ0n) is 26.9. The first-order valence-electron chi connectivity index (χ1n) is 15.6. The topological polar surface area (TPSA) is 233 Å². The molecule has 2 rings (SSSR count). The van der Waals surface area contributed by atoms with Crippen LogP contribution in [0.2, 0.25) is 0 Å². The van der Waals surface area contributed by atoms with Gasteiger partial charge in [0.15, 0.2) is 5.96 Å². The van der Waals surface area contributed by atoms with E-state index in [-0.39, 0.29) is 37.5 Å². The second-order valence-electron chi connectivity index (χ2n) is 11.5. The molecule has 46 heavy (non-hydrogen) atoms. The molecule has 0 spiro atoms. The van der Waals surface area contributed by atoms with Crippen LogP contribution in [0.25, 0.3) is 0 Å². The number of rotatable bonds is 19. The Kier molecular flexibility index (Phi) is 15.5. The van der Waals surface area contributed by atoms with E-state index in [0.29, 0.717) is 30.4 Å². The van der Waals surface area contributed by atoms with Crippen molar-refractivity contribution in [3.8, 4) is 5.75 Å². The van der Waals surface area contributed by atoms with Crippen LogP contribution in [0, 0.1) is 19.3 Å². The van der Waals surface area contributed by atoms with Gasteiger partial charge in [0, 0.05) is 13.0 Å². The number of hydrogen-bond acceptors (Lipinski definition) is 7. The summed E-state index contributed by atoms with van der Waals surface area (Å²) < 4.78 is 0. The number of unbranched alkanes of at least 4 members (excludes halogenated alkanes) is 2. The van der Waals surface area contributed by atoms with Crippen molar-refractivity contribution in [2.45, 2.75) is 96.3 Å². The number of aliphatic carboxylic acids is 1. The fraction of sp³-hybridized carbons (Fsp3) is 0.485. The molecule has 0 bridgehead atoms. The third-order valence-electron chi connectivity index (χ3n) is 7.81. The second kappa shape index (κ2) is 19.0. The van der Waals surface area contributed by atoms with Gasteiger partial charge in [0.2, 0.25) is 17.7 Å². The number of amides is 3. The summed E-state index contributed by atoms with van der Waals surface area (Å²) in [6.45, 7) is 5.75. The molecule has 11 N–H and O–H groups in total. The van der Waals surface area contributed by atoms with E-state index in [1.54, 1.807) is 13.0 Å². The highest BCUT2D eigenvalue weighted by Gasteiger charge is 2.31. The van der Waals surface area contributed by atoms with Crippen LogP contribution in [-0.4, -0.2) is 70.6 Å². The molecule has 13 nitrogen and oxygen atoms in total. The Morgan fingerprint density at radius 2 is 1.43 bits per heavy atom. The molecule has 0 saturated heterocycles. The van der Waals surface area contributed by atoms with E-state index >= 15 is 0 Å². The van der Waals surface area contributed by atoms with E-state index in [1.165, 1.54) is 6.07 Å². The number of aryl methyl sites for hydroxylation is 1. The van der Waals surface area contributed by atoms with Crippen LogP contribution in [0.1, 0.15) is 67.7 Å². The molecule has 4 unspecified atom stereocenters. The van der Waals surface area contributed by atoms with Crippen molar-refractivity contribution in [2.24, 2.45) is 11.5 Å². The summed E-state index contributed by atoms with van der Waals surface area (Å²) in [5, 5.41) is 38.0. The lowest BCUT2D eigenvalue weighted by Gasteiger charge is -2.26. The van der Waals surface area contributed by atoms with Crippen molar-refractivity contribution < 1.29 is 29.4 Å². The SMILES string of the molecule is CCCCCC(NC(=O)C(N)Cc1ccccc1)C(=O)NC(Cc1c(C)ccc(O)c1C)C(=O)NC(CCCNC(=N)N)C(=O)O. The minimum Gasteiger partial charge on any atom is -0.508 e. The van der Waals surface area contributed by atoms with Gasteiger partial charge >= 0.3 is 5.97 Å². The van der Waals surface area contributed by atoms with Crippen molar-refractivity contribution in [1.29, 1.82) is 5.41 Å². The number of hydrogen-bond donors (Lipinski definition) is 9. The quantitative estimate of drug-likeness (QED) is 0.0615. The number of carboxylic acids is 1. The average Bonchev–Trinajstić information content (AvgIpc) is 3.01. The summed E-state index contributed by atoms with van der Waals surface area (Å²) in [5.74, 6) is -3.34. The van der Waals surface area contributed by atoms with Crippen LogP contribution in [-0.2, 0) is 32.0 Å². The number of benzene rings is 2. The summed E-state index contributed by atoms with van der Waals surface area (Å²) in [5.41, 5.74) is 14.3. The average molecular weight is 640 g/mol. The first kappa shape index (κ1) is 37.5. The minimum absolute atomic E-state index is 0.0181. The maximum atomic E-state index is 13.7. The minimum atomic E-state index is -1.27. The van der Waals surface area contributed by atoms with Gasteiger partial charge in [-0.3, -0.25) is 19.8 Å². The number of phenolic OH excluding ortho intramolecular Hbond substituents is 1. The predicted molar refractivity (Wildman–Crippen MR) is 176 cm³/mol. The van der Waals surface area contributed by atoms with Crippen LogP contribution >= 0.6 is 0 Å². The molecule has 2 aromatic carbocycles. The molecule has 252 valence electrons. The van der Waals surface area contributed by atoms with Gasteiger partial charge in [-0.05, 0) is 67.9 Å². The summed E-state index contributed by atoms with van der Waals surface area (Å²) >= 11 is 0. The number of nitrogens with two attached hydrogens (primary N) is 2. The first-order chi connectivity index (χ1) is 21.8. The van der Waals surface area contributed by atoms with Gasteiger partial charge in [-0.25, -0.2) is 4.79 Å². The molecule has 13 heteroatoms. The van der Waals surface area contributed by atoms with Crippen LogP contribution < -0.4 is 32.7 Å². The lowest BCUT2D eigenvalue weighted by atomic mass is 9.94. The molecule has 0 fully saturated rings. The molecule has 4 atom stereocenters. The van der Waals surface area contributed by atoms with Crippen LogP contribution in [0.15, 0.2) is 42.5 Å². The molecule has 0 saturated carbocycles. The molecular weight excluding hydrogens is 590 g/mol. The molecule has 0 aliphatic heterocycles. The highest BCUT2D eigenvalue weighted by atomic mass is 16.4. The number of aromatic hydroxyl groups is 1. The number of phenols is 1. The Morgan fingerprint density at radius 3 is 2.07 bits per heavy atom. The second-order valence-corrected chi connectivity index (χ2v) is 11.5. The van der Waals surface area contributed by atoms with Crippen LogP contribution in [0.3, 0.4) is 0 Å². The highest BCUT2D eigenvalue weighted by molar-refractivity contribution is 5.94. The molecule has 0 heterocycles. The monoisotopic (exact) mass is 639 g/mol. The van der Waals surface area contributed by atoms with Gasteiger partial charge in [-0.2, -0.15) is 0 Å². The third-order valence-corrected chi connectivity index (χ3v) is 7.81. The van der Waals surface area contributed by atoms with Gasteiger partial charge in [0.1, 0.15) is 23.9 Å². The van der Waals surface area contributed by atoms with Gasteiger partial charge < -0.3 is 42.9 Å². The van der Waals surface area contributed by atoms with Crippen LogP contribution in [0.5, 0.6) is 5.75 Å². The van der Waals surface area contributed by atoms with E-state index in [4.69, 9.17) is 16.9 Å². The number of carbonyl (C=O) groups is 4. The molecule has 2 aromatic rings. The number of guanidine groups is 1. The fourth-order valence-corrected chi connectivity index (χ4v) is 5.05. The van der Waals surface area contributed by atoms with E-state index in [0.717, 1.165) is 24.0 Å². The van der Waals surface area contributed by atoms with Crippen molar-refractivity contribution in [3.05, 3.63) is 64.7 Å². The van der Waals surface area contributed by atoms with Crippen molar-refractivity contribution in [3.63, 3.8) is 0 Å². The summed E-state index contributed by atoms with van der Waals surface area (Å²) in [6, 6.07) is 8.10. The molecular formula is C33H49N7O6. The van der Waals surface area contributed by atoms with Crippen molar-refractivity contribution in [2.75, 3.05) is 6.54 Å². The third kappa shape index (κ3) is 12.4. The predicted octanol–water partition coefficient (Wildman–Crippen LogP) is 1.50. The highest BCUT2D eigenvalue weighted by Crippen LogP contribution is 2.24. The van der Waals surface area contributed by atoms with Crippen molar-refractivity contribution >= 4 is 29.7 Å². The Bertz CT molecular complexity index is 1340. The Balaban J connectivity index is 2.30. The molecule has 0 radical (unpaired) electrons. The maximum absolute atomic E-state index is 13.7. The summed E-state index contributed by atoms with van der Waals surface area (Å²) in [7, 11) is 0. The van der Waals surface area contributed by atoms with E-state index < -0.39 is 47.9 Å².